The first-order valence-electron chi connectivity index (χ1n) is 10.7. The lowest BCUT2D eigenvalue weighted by Gasteiger charge is -2.43. The Bertz CT molecular complexity index is 1190. The summed E-state index contributed by atoms with van der Waals surface area (Å²) in [5, 5.41) is 13.3. The number of aryl methyl sites for hydroxylation is 1. The number of carbonyl (C=O) groups excluding carboxylic acids is 1. The summed E-state index contributed by atoms with van der Waals surface area (Å²) in [5.74, 6) is 0.454. The van der Waals surface area contributed by atoms with E-state index in [1.807, 2.05) is 31.5 Å². The van der Waals surface area contributed by atoms with Gasteiger partial charge < -0.3 is 13.8 Å². The zero-order valence-electron chi connectivity index (χ0n) is 17.8. The van der Waals surface area contributed by atoms with Gasteiger partial charge in [-0.05, 0) is 55.7 Å². The number of nitrogens with zero attached hydrogens (tertiary/aromatic N) is 5. The molecule has 1 amide bonds. The summed E-state index contributed by atoms with van der Waals surface area (Å²) >= 11 is 0. The van der Waals surface area contributed by atoms with Gasteiger partial charge in [0.25, 0.3) is 0 Å². The summed E-state index contributed by atoms with van der Waals surface area (Å²) in [7, 11) is 0. The van der Waals surface area contributed by atoms with Crippen LogP contribution in [0.15, 0.2) is 35.1 Å². The monoisotopic (exact) mass is 419 g/mol. The Morgan fingerprint density at radius 3 is 2.94 bits per heavy atom. The maximum atomic E-state index is 12.7. The minimum Gasteiger partial charge on any atom is -0.441 e. The van der Waals surface area contributed by atoms with Crippen LogP contribution in [0.2, 0.25) is 0 Å². The predicted molar refractivity (Wildman–Crippen MR) is 113 cm³/mol. The fourth-order valence-electron chi connectivity index (χ4n) is 5.20. The molecule has 1 aliphatic heterocycles. The van der Waals surface area contributed by atoms with Crippen molar-refractivity contribution in [1.29, 1.82) is 5.26 Å². The van der Waals surface area contributed by atoms with Crippen molar-refractivity contribution in [3.63, 3.8) is 0 Å². The van der Waals surface area contributed by atoms with Crippen LogP contribution < -0.4 is 4.90 Å². The first kappa shape index (κ1) is 19.6. The molecule has 2 aliphatic rings. The van der Waals surface area contributed by atoms with E-state index in [-0.39, 0.29) is 11.5 Å². The number of benzene rings is 1. The van der Waals surface area contributed by atoms with Crippen LogP contribution in [0.1, 0.15) is 50.8 Å². The molecule has 1 aromatic carbocycles. The molecule has 3 heterocycles. The van der Waals surface area contributed by atoms with E-state index < -0.39 is 5.60 Å². The van der Waals surface area contributed by atoms with Crippen molar-refractivity contribution >= 4 is 23.0 Å². The molecule has 2 unspecified atom stereocenters. The second-order valence-corrected chi connectivity index (χ2v) is 9.18. The van der Waals surface area contributed by atoms with Crippen LogP contribution in [0.3, 0.4) is 0 Å². The number of rotatable bonds is 4. The molecule has 1 spiro atoms. The fraction of sp³-hybridized carbons (Fsp3) is 0.478. The summed E-state index contributed by atoms with van der Waals surface area (Å²) in [4.78, 5) is 18.8. The van der Waals surface area contributed by atoms with E-state index in [1.54, 1.807) is 11.0 Å². The second-order valence-electron chi connectivity index (χ2n) is 9.18. The van der Waals surface area contributed by atoms with Crippen LogP contribution in [0, 0.1) is 16.7 Å². The molecule has 160 valence electrons. The topological polar surface area (TPSA) is 97.2 Å². The Morgan fingerprint density at radius 1 is 1.29 bits per heavy atom. The molecule has 5 rings (SSSR count). The molecule has 1 aliphatic carbocycles. The van der Waals surface area contributed by atoms with E-state index in [1.165, 1.54) is 0 Å². The van der Waals surface area contributed by atoms with Crippen LogP contribution in [-0.2, 0) is 17.7 Å². The molecule has 3 aromatic rings. The minimum absolute atomic E-state index is 0.0686. The van der Waals surface area contributed by atoms with Gasteiger partial charge in [-0.1, -0.05) is 19.0 Å². The molecule has 0 bridgehead atoms. The fourth-order valence-corrected chi connectivity index (χ4v) is 5.20. The lowest BCUT2D eigenvalue weighted by atomic mass is 9.68. The quantitative estimate of drug-likeness (QED) is 0.620. The molecule has 0 radical (unpaired) electrons. The number of hydrogen-bond acceptors (Lipinski definition) is 6. The maximum absolute atomic E-state index is 12.7. The molecule has 8 heteroatoms. The summed E-state index contributed by atoms with van der Waals surface area (Å²) in [6, 6.07) is 9.57. The van der Waals surface area contributed by atoms with Gasteiger partial charge in [0.05, 0.1) is 41.2 Å². The number of imidazole rings is 1. The van der Waals surface area contributed by atoms with E-state index in [4.69, 9.17) is 9.26 Å². The second kappa shape index (κ2) is 7.12. The van der Waals surface area contributed by atoms with Crippen molar-refractivity contribution in [2.45, 2.75) is 58.1 Å². The van der Waals surface area contributed by atoms with Gasteiger partial charge >= 0.3 is 6.09 Å². The first-order valence-corrected chi connectivity index (χ1v) is 10.7. The van der Waals surface area contributed by atoms with Gasteiger partial charge in [-0.2, -0.15) is 5.26 Å². The SMILES string of the molecule is CCc1cc(N2CC3(CCCC(C)(Cn4cnc5ccc(C#N)cc54)C3)OC2=O)on1. The highest BCUT2D eigenvalue weighted by atomic mass is 16.6. The molecule has 2 aromatic heterocycles. The van der Waals surface area contributed by atoms with Crippen molar-refractivity contribution in [3.8, 4) is 6.07 Å². The Morgan fingerprint density at radius 2 is 2.16 bits per heavy atom. The number of hydrogen-bond donors (Lipinski definition) is 0. The summed E-state index contributed by atoms with van der Waals surface area (Å²) in [6.07, 6.45) is 5.83. The van der Waals surface area contributed by atoms with Crippen LogP contribution in [-0.4, -0.2) is 32.9 Å². The van der Waals surface area contributed by atoms with Crippen molar-refractivity contribution in [1.82, 2.24) is 14.7 Å². The van der Waals surface area contributed by atoms with Crippen molar-refractivity contribution in [2.24, 2.45) is 5.41 Å². The minimum atomic E-state index is -0.530. The Kier molecular flexibility index (Phi) is 4.50. The van der Waals surface area contributed by atoms with Crippen LogP contribution in [0.5, 0.6) is 0 Å². The average Bonchev–Trinajstić information content (AvgIpc) is 3.45. The van der Waals surface area contributed by atoms with Gasteiger partial charge in [-0.3, -0.25) is 0 Å². The van der Waals surface area contributed by atoms with Crippen molar-refractivity contribution in [2.75, 3.05) is 11.4 Å². The van der Waals surface area contributed by atoms with E-state index in [2.05, 4.69) is 27.7 Å². The van der Waals surface area contributed by atoms with Gasteiger partial charge in [0.15, 0.2) is 0 Å². The zero-order valence-corrected chi connectivity index (χ0v) is 17.8. The first-order chi connectivity index (χ1) is 14.9. The summed E-state index contributed by atoms with van der Waals surface area (Å²) < 4.78 is 13.5. The smallest absolute Gasteiger partial charge is 0.417 e. The molecule has 1 saturated heterocycles. The van der Waals surface area contributed by atoms with Gasteiger partial charge in [0.2, 0.25) is 5.88 Å². The normalized spacial score (nSPS) is 25.8. The van der Waals surface area contributed by atoms with Crippen molar-refractivity contribution < 1.29 is 14.1 Å². The molecular weight excluding hydrogens is 394 g/mol. The Labute approximate surface area is 180 Å². The van der Waals surface area contributed by atoms with Crippen LogP contribution in [0.4, 0.5) is 10.7 Å². The third-order valence-electron chi connectivity index (χ3n) is 6.61. The van der Waals surface area contributed by atoms with Crippen LogP contribution >= 0.6 is 0 Å². The van der Waals surface area contributed by atoms with Gasteiger partial charge in [-0.25, -0.2) is 14.7 Å². The number of nitriles is 1. The number of aromatic nitrogens is 3. The summed E-state index contributed by atoms with van der Waals surface area (Å²) in [5.41, 5.74) is 2.68. The van der Waals surface area contributed by atoms with Crippen molar-refractivity contribution in [3.05, 3.63) is 41.9 Å². The molecule has 0 N–H and O–H groups in total. The molecule has 8 nitrogen and oxygen atoms in total. The van der Waals surface area contributed by atoms with Crippen LogP contribution in [0.25, 0.3) is 11.0 Å². The van der Waals surface area contributed by atoms with Gasteiger partial charge in [0.1, 0.15) is 5.60 Å². The molecular formula is C23H25N5O3. The predicted octanol–water partition coefficient (Wildman–Crippen LogP) is 4.43. The van der Waals surface area contributed by atoms with Gasteiger partial charge in [-0.15, -0.1) is 0 Å². The number of anilines is 1. The molecule has 2 atom stereocenters. The van der Waals surface area contributed by atoms with Gasteiger partial charge in [0, 0.05) is 12.6 Å². The highest BCUT2D eigenvalue weighted by Crippen LogP contribution is 2.48. The number of amides is 1. The zero-order chi connectivity index (χ0) is 21.6. The van der Waals surface area contributed by atoms with E-state index in [9.17, 15) is 10.1 Å². The third-order valence-corrected chi connectivity index (χ3v) is 6.61. The Balaban J connectivity index is 1.38. The number of carbonyl (C=O) groups is 1. The summed E-state index contributed by atoms with van der Waals surface area (Å²) in [6.45, 7) is 5.47. The number of fused-ring (bicyclic) bond motifs is 1. The molecule has 31 heavy (non-hydrogen) atoms. The van der Waals surface area contributed by atoms with E-state index in [0.29, 0.717) is 18.0 Å². The molecule has 2 fully saturated rings. The highest BCUT2D eigenvalue weighted by Gasteiger charge is 2.52. The van der Waals surface area contributed by atoms with E-state index >= 15 is 0 Å². The van der Waals surface area contributed by atoms with E-state index in [0.717, 1.165) is 55.4 Å². The third kappa shape index (κ3) is 3.44. The standard InChI is InChI=1S/C23H25N5O3/c1-3-17-10-20(31-26-17)28-14-23(30-21(28)29)8-4-7-22(2,12-23)13-27-15-25-18-6-5-16(11-24)9-19(18)27/h5-6,9-10,15H,3-4,7-8,12-14H2,1-2H3. The average molecular weight is 419 g/mol. The number of ether oxygens (including phenoxy) is 1. The highest BCUT2D eigenvalue weighted by molar-refractivity contribution is 5.88. The molecule has 1 saturated carbocycles. The largest absolute Gasteiger partial charge is 0.441 e. The maximum Gasteiger partial charge on any atom is 0.417 e. The lowest BCUT2D eigenvalue weighted by molar-refractivity contribution is -0.0264. The Hall–Kier alpha value is -3.34. The lowest BCUT2D eigenvalue weighted by Crippen LogP contribution is -2.45.